The molecule has 0 fully saturated rings. The summed E-state index contributed by atoms with van der Waals surface area (Å²) in [6.07, 6.45) is 23.1. The standard InChI is InChI=1S/C18H35O2P.Co/c1-2-3-4-5-6-7-8-9-10-11-12-13-14-15-16-17-18-21(19)20;/h9-10H,2-8,11-18H2,1H3;/p+1/b10-9-;. The Morgan fingerprint density at radius 2 is 1.14 bits per heavy atom. The molecule has 1 radical (unpaired) electrons. The molecular weight excluding hydrogens is 338 g/mol. The molecule has 0 aliphatic carbocycles. The molecular formula is C18H36CoO2P+. The smallest absolute Gasteiger partial charge is 0.161 e. The maximum Gasteiger partial charge on any atom is 0.505 e. The predicted molar refractivity (Wildman–Crippen MR) is 94.1 cm³/mol. The van der Waals surface area contributed by atoms with Crippen molar-refractivity contribution in [2.24, 2.45) is 0 Å². The Kier molecular flexibility index (Phi) is 23.8. The quantitative estimate of drug-likeness (QED) is 0.184. The Balaban J connectivity index is 0. The zero-order valence-electron chi connectivity index (χ0n) is 14.4. The first-order valence-corrected chi connectivity index (χ1v) is 10.5. The molecule has 0 aromatic carbocycles. The van der Waals surface area contributed by atoms with E-state index in [1.165, 1.54) is 77.0 Å². The minimum atomic E-state index is -1.90. The van der Waals surface area contributed by atoms with Crippen molar-refractivity contribution in [2.75, 3.05) is 6.16 Å². The zero-order chi connectivity index (χ0) is 15.6. The van der Waals surface area contributed by atoms with E-state index in [4.69, 9.17) is 4.89 Å². The van der Waals surface area contributed by atoms with Crippen LogP contribution in [-0.2, 0) is 21.3 Å². The first-order valence-electron chi connectivity index (χ1n) is 9.06. The molecule has 4 heteroatoms. The van der Waals surface area contributed by atoms with E-state index in [1.807, 2.05) is 0 Å². The summed E-state index contributed by atoms with van der Waals surface area (Å²) in [6, 6.07) is 0. The van der Waals surface area contributed by atoms with Crippen LogP contribution in [0.1, 0.15) is 96.8 Å². The summed E-state index contributed by atoms with van der Waals surface area (Å²) in [7, 11) is -1.90. The van der Waals surface area contributed by atoms with Crippen molar-refractivity contribution in [3.63, 3.8) is 0 Å². The zero-order valence-corrected chi connectivity index (χ0v) is 16.3. The maximum atomic E-state index is 10.5. The normalized spacial score (nSPS) is 11.6. The van der Waals surface area contributed by atoms with E-state index in [1.54, 1.807) is 0 Å². The van der Waals surface area contributed by atoms with E-state index < -0.39 is 8.03 Å². The topological polar surface area (TPSA) is 37.3 Å². The largest absolute Gasteiger partial charge is 0.505 e. The first kappa shape index (κ1) is 24.6. The van der Waals surface area contributed by atoms with E-state index in [0.29, 0.717) is 6.16 Å². The van der Waals surface area contributed by atoms with Gasteiger partial charge in [0.15, 0.2) is 6.16 Å². The monoisotopic (exact) mass is 374 g/mol. The predicted octanol–water partition coefficient (Wildman–Crippen LogP) is 6.76. The van der Waals surface area contributed by atoms with Crippen LogP contribution in [0.4, 0.5) is 0 Å². The summed E-state index contributed by atoms with van der Waals surface area (Å²) in [6.45, 7) is 2.26. The Bertz CT molecular complexity index is 257. The van der Waals surface area contributed by atoms with Crippen molar-refractivity contribution in [1.82, 2.24) is 0 Å². The van der Waals surface area contributed by atoms with Crippen LogP contribution in [0.5, 0.6) is 0 Å². The summed E-state index contributed by atoms with van der Waals surface area (Å²) >= 11 is 0. The van der Waals surface area contributed by atoms with Gasteiger partial charge in [0.2, 0.25) is 0 Å². The molecule has 0 saturated carbocycles. The van der Waals surface area contributed by atoms with Gasteiger partial charge in [-0.3, -0.25) is 0 Å². The van der Waals surface area contributed by atoms with Crippen molar-refractivity contribution in [2.45, 2.75) is 96.8 Å². The number of unbranched alkanes of at least 4 members (excludes halogenated alkanes) is 12. The van der Waals surface area contributed by atoms with Crippen LogP contribution in [0, 0.1) is 0 Å². The van der Waals surface area contributed by atoms with Crippen molar-refractivity contribution >= 4 is 8.03 Å². The molecule has 0 rings (SSSR count). The molecule has 0 aromatic heterocycles. The van der Waals surface area contributed by atoms with Gasteiger partial charge in [-0.25, -0.2) is 0 Å². The van der Waals surface area contributed by atoms with Crippen molar-refractivity contribution < 1.29 is 26.2 Å². The van der Waals surface area contributed by atoms with Crippen LogP contribution in [-0.4, -0.2) is 11.1 Å². The number of rotatable bonds is 16. The molecule has 1 unspecified atom stereocenters. The second kappa shape index (κ2) is 21.3. The summed E-state index contributed by atoms with van der Waals surface area (Å²) in [5.74, 6) is 0. The van der Waals surface area contributed by atoms with E-state index in [2.05, 4.69) is 19.1 Å². The SMILES string of the molecule is CCCCCCCC/C=C\CCCCCCCC[P+](=O)O.[Co]. The van der Waals surface area contributed by atoms with Crippen LogP contribution in [0.15, 0.2) is 12.2 Å². The fourth-order valence-electron chi connectivity index (χ4n) is 2.49. The van der Waals surface area contributed by atoms with Crippen LogP contribution in [0.3, 0.4) is 0 Å². The molecule has 2 nitrogen and oxygen atoms in total. The molecule has 0 bridgehead atoms. The second-order valence-electron chi connectivity index (χ2n) is 6.01. The van der Waals surface area contributed by atoms with Crippen molar-refractivity contribution in [3.05, 3.63) is 12.2 Å². The summed E-state index contributed by atoms with van der Waals surface area (Å²) in [4.78, 5) is 8.67. The van der Waals surface area contributed by atoms with Crippen LogP contribution >= 0.6 is 8.03 Å². The summed E-state index contributed by atoms with van der Waals surface area (Å²) in [5.41, 5.74) is 0. The molecule has 0 amide bonds. The molecule has 22 heavy (non-hydrogen) atoms. The molecule has 1 atom stereocenters. The van der Waals surface area contributed by atoms with Gasteiger partial charge in [0.05, 0.1) is 0 Å². The minimum absolute atomic E-state index is 0. The molecule has 0 spiro atoms. The number of hydrogen-bond acceptors (Lipinski definition) is 1. The maximum absolute atomic E-state index is 10.5. The van der Waals surface area contributed by atoms with Gasteiger partial charge in [0.25, 0.3) is 0 Å². The molecule has 0 heterocycles. The summed E-state index contributed by atoms with van der Waals surface area (Å²) in [5, 5.41) is 0. The van der Waals surface area contributed by atoms with Gasteiger partial charge >= 0.3 is 8.03 Å². The van der Waals surface area contributed by atoms with Crippen molar-refractivity contribution in [1.29, 1.82) is 0 Å². The molecule has 0 aliphatic heterocycles. The number of hydrogen-bond donors (Lipinski definition) is 1. The van der Waals surface area contributed by atoms with Crippen LogP contribution in [0.25, 0.3) is 0 Å². The fourth-order valence-corrected chi connectivity index (χ4v) is 2.99. The van der Waals surface area contributed by atoms with Gasteiger partial charge in [-0.2, -0.15) is 4.89 Å². The van der Waals surface area contributed by atoms with Crippen LogP contribution < -0.4 is 0 Å². The third-order valence-corrected chi connectivity index (χ3v) is 4.56. The third kappa shape index (κ3) is 22.6. The molecule has 0 aromatic rings. The van der Waals surface area contributed by atoms with E-state index >= 15 is 0 Å². The van der Waals surface area contributed by atoms with E-state index in [9.17, 15) is 4.57 Å². The fraction of sp³-hybridized carbons (Fsp3) is 0.889. The van der Waals surface area contributed by atoms with Crippen LogP contribution in [0.2, 0.25) is 0 Å². The average Bonchev–Trinajstić information content (AvgIpc) is 2.46. The van der Waals surface area contributed by atoms with E-state index in [-0.39, 0.29) is 16.8 Å². The van der Waals surface area contributed by atoms with Gasteiger partial charge in [-0.05, 0) is 43.1 Å². The van der Waals surface area contributed by atoms with Crippen molar-refractivity contribution in [3.8, 4) is 0 Å². The molecule has 1 N–H and O–H groups in total. The van der Waals surface area contributed by atoms with Gasteiger partial charge in [0, 0.05) is 16.8 Å². The van der Waals surface area contributed by atoms with E-state index in [0.717, 1.165) is 12.8 Å². The van der Waals surface area contributed by atoms with Gasteiger partial charge < -0.3 is 0 Å². The first-order chi connectivity index (χ1) is 10.3. The Labute approximate surface area is 149 Å². The minimum Gasteiger partial charge on any atom is -0.161 e. The van der Waals surface area contributed by atoms with Gasteiger partial charge in [-0.15, -0.1) is 0 Å². The third-order valence-electron chi connectivity index (χ3n) is 3.86. The number of allylic oxidation sites excluding steroid dienone is 2. The summed E-state index contributed by atoms with van der Waals surface area (Å²) < 4.78 is 10.5. The van der Waals surface area contributed by atoms with Gasteiger partial charge in [0.1, 0.15) is 0 Å². The Hall–Kier alpha value is 0.306. The Morgan fingerprint density at radius 1 is 0.727 bits per heavy atom. The Morgan fingerprint density at radius 3 is 1.59 bits per heavy atom. The van der Waals surface area contributed by atoms with Gasteiger partial charge in [-0.1, -0.05) is 70.4 Å². The molecule has 0 aliphatic rings. The molecule has 0 saturated heterocycles. The average molecular weight is 374 g/mol. The second-order valence-corrected chi connectivity index (χ2v) is 7.17. The molecule has 133 valence electrons.